The second kappa shape index (κ2) is 4.66. The molecular weight excluding hydrogens is 184 g/mol. The van der Waals surface area contributed by atoms with Crippen molar-refractivity contribution in [2.45, 2.75) is 45.0 Å². The van der Waals surface area contributed by atoms with Crippen molar-refractivity contribution in [3.63, 3.8) is 0 Å². The zero-order valence-electron chi connectivity index (χ0n) is 8.50. The van der Waals surface area contributed by atoms with Crippen LogP contribution in [0, 0.1) is 0 Å². The van der Waals surface area contributed by atoms with Gasteiger partial charge in [-0.1, -0.05) is 13.8 Å². The molecule has 0 saturated heterocycles. The van der Waals surface area contributed by atoms with Crippen LogP contribution in [0.1, 0.15) is 50.6 Å². The molecule has 0 bridgehead atoms. The lowest BCUT2D eigenvalue weighted by atomic mass is 10.2. The maximum atomic E-state index is 6.10. The number of aromatic nitrogens is 2. The van der Waals surface area contributed by atoms with Gasteiger partial charge in [0.15, 0.2) is 0 Å². The van der Waals surface area contributed by atoms with Crippen LogP contribution < -0.4 is 0 Å². The molecule has 0 spiro atoms. The zero-order valence-corrected chi connectivity index (χ0v) is 9.25. The Morgan fingerprint density at radius 2 is 2.15 bits per heavy atom. The van der Waals surface area contributed by atoms with Crippen LogP contribution in [-0.2, 0) is 0 Å². The standard InChI is InChI=1S/C10H17ClN2/c1-4-8(3)13-7-9(6-12-13)10(11)5-2/h6-8,10H,4-5H2,1-3H3. The van der Waals surface area contributed by atoms with Crippen molar-refractivity contribution in [1.29, 1.82) is 0 Å². The fourth-order valence-electron chi connectivity index (χ4n) is 1.18. The van der Waals surface area contributed by atoms with Crippen LogP contribution in [0.5, 0.6) is 0 Å². The average Bonchev–Trinajstić information content (AvgIpc) is 2.64. The molecule has 1 rings (SSSR count). The molecule has 74 valence electrons. The van der Waals surface area contributed by atoms with Crippen LogP contribution in [0.4, 0.5) is 0 Å². The van der Waals surface area contributed by atoms with Crippen molar-refractivity contribution >= 4 is 11.6 Å². The van der Waals surface area contributed by atoms with Gasteiger partial charge in [0.25, 0.3) is 0 Å². The summed E-state index contributed by atoms with van der Waals surface area (Å²) in [6.45, 7) is 6.40. The lowest BCUT2D eigenvalue weighted by Gasteiger charge is -2.08. The van der Waals surface area contributed by atoms with Crippen molar-refractivity contribution in [1.82, 2.24) is 9.78 Å². The van der Waals surface area contributed by atoms with Crippen LogP contribution in [0.3, 0.4) is 0 Å². The van der Waals surface area contributed by atoms with Gasteiger partial charge in [0, 0.05) is 17.8 Å². The van der Waals surface area contributed by atoms with Crippen molar-refractivity contribution in [2.24, 2.45) is 0 Å². The summed E-state index contributed by atoms with van der Waals surface area (Å²) in [6, 6.07) is 0.467. The Morgan fingerprint density at radius 3 is 2.69 bits per heavy atom. The van der Waals surface area contributed by atoms with E-state index in [0.29, 0.717) is 6.04 Å². The largest absolute Gasteiger partial charge is 0.270 e. The molecule has 0 aromatic carbocycles. The molecule has 1 aromatic rings. The van der Waals surface area contributed by atoms with Gasteiger partial charge in [0.05, 0.1) is 11.6 Å². The first-order valence-corrected chi connectivity index (χ1v) is 5.30. The Hall–Kier alpha value is -0.500. The summed E-state index contributed by atoms with van der Waals surface area (Å²) in [4.78, 5) is 0. The molecule has 2 nitrogen and oxygen atoms in total. The van der Waals surface area contributed by atoms with Gasteiger partial charge in [-0.15, -0.1) is 11.6 Å². The third kappa shape index (κ3) is 2.47. The van der Waals surface area contributed by atoms with Crippen LogP contribution in [0.15, 0.2) is 12.4 Å². The normalized spacial score (nSPS) is 15.7. The summed E-state index contributed by atoms with van der Waals surface area (Å²) < 4.78 is 1.99. The fourth-order valence-corrected chi connectivity index (χ4v) is 1.29. The van der Waals surface area contributed by atoms with E-state index in [1.54, 1.807) is 0 Å². The molecule has 0 radical (unpaired) electrons. The molecule has 0 aliphatic heterocycles. The SMILES string of the molecule is CCC(Cl)c1cnn(C(C)CC)c1. The smallest absolute Gasteiger partial charge is 0.0613 e. The highest BCUT2D eigenvalue weighted by Gasteiger charge is 2.09. The van der Waals surface area contributed by atoms with Crippen molar-refractivity contribution < 1.29 is 0 Å². The van der Waals surface area contributed by atoms with E-state index >= 15 is 0 Å². The second-order valence-electron chi connectivity index (χ2n) is 3.39. The number of hydrogen-bond donors (Lipinski definition) is 0. The minimum Gasteiger partial charge on any atom is -0.270 e. The van der Waals surface area contributed by atoms with Gasteiger partial charge in [-0.2, -0.15) is 5.10 Å². The van der Waals surface area contributed by atoms with E-state index in [1.807, 2.05) is 10.9 Å². The topological polar surface area (TPSA) is 17.8 Å². The lowest BCUT2D eigenvalue weighted by Crippen LogP contribution is -2.03. The zero-order chi connectivity index (χ0) is 9.84. The number of alkyl halides is 1. The Balaban J connectivity index is 2.74. The predicted molar refractivity (Wildman–Crippen MR) is 56.1 cm³/mol. The summed E-state index contributed by atoms with van der Waals surface area (Å²) in [6.07, 6.45) is 5.97. The van der Waals surface area contributed by atoms with E-state index in [-0.39, 0.29) is 5.38 Å². The molecule has 0 saturated carbocycles. The van der Waals surface area contributed by atoms with Gasteiger partial charge in [-0.05, 0) is 19.8 Å². The predicted octanol–water partition coefficient (Wildman–Crippen LogP) is 3.54. The number of rotatable bonds is 4. The summed E-state index contributed by atoms with van der Waals surface area (Å²) >= 11 is 6.10. The molecule has 13 heavy (non-hydrogen) atoms. The molecule has 2 unspecified atom stereocenters. The summed E-state index contributed by atoms with van der Waals surface area (Å²) in [5, 5.41) is 4.40. The molecule has 3 heteroatoms. The maximum absolute atomic E-state index is 6.10. The highest BCUT2D eigenvalue weighted by atomic mass is 35.5. The summed E-state index contributed by atoms with van der Waals surface area (Å²) in [5.74, 6) is 0. The van der Waals surface area contributed by atoms with Crippen LogP contribution in [-0.4, -0.2) is 9.78 Å². The number of halogens is 1. The summed E-state index contributed by atoms with van der Waals surface area (Å²) in [5.41, 5.74) is 1.13. The van der Waals surface area contributed by atoms with Gasteiger partial charge in [0.2, 0.25) is 0 Å². The molecule has 0 amide bonds. The van der Waals surface area contributed by atoms with Gasteiger partial charge < -0.3 is 0 Å². The van der Waals surface area contributed by atoms with Gasteiger partial charge in [-0.3, -0.25) is 4.68 Å². The van der Waals surface area contributed by atoms with Crippen LogP contribution in [0.25, 0.3) is 0 Å². The average molecular weight is 201 g/mol. The lowest BCUT2D eigenvalue weighted by molar-refractivity contribution is 0.477. The first-order valence-electron chi connectivity index (χ1n) is 4.87. The molecule has 0 N–H and O–H groups in total. The number of nitrogens with zero attached hydrogens (tertiary/aromatic N) is 2. The highest BCUT2D eigenvalue weighted by Crippen LogP contribution is 2.24. The molecule has 2 atom stereocenters. The maximum Gasteiger partial charge on any atom is 0.0613 e. The molecule has 0 aliphatic rings. The van der Waals surface area contributed by atoms with E-state index in [0.717, 1.165) is 18.4 Å². The van der Waals surface area contributed by atoms with Crippen LogP contribution >= 0.6 is 11.6 Å². The van der Waals surface area contributed by atoms with Crippen molar-refractivity contribution in [2.75, 3.05) is 0 Å². The quantitative estimate of drug-likeness (QED) is 0.680. The van der Waals surface area contributed by atoms with E-state index in [9.17, 15) is 0 Å². The Morgan fingerprint density at radius 1 is 1.46 bits per heavy atom. The minimum atomic E-state index is 0.109. The molecule has 1 heterocycles. The van der Waals surface area contributed by atoms with Gasteiger partial charge in [-0.25, -0.2) is 0 Å². The van der Waals surface area contributed by atoms with Gasteiger partial charge >= 0.3 is 0 Å². The first-order chi connectivity index (χ1) is 6.19. The van der Waals surface area contributed by atoms with E-state index in [4.69, 9.17) is 11.6 Å². The third-order valence-electron chi connectivity index (χ3n) is 2.38. The molecule has 0 fully saturated rings. The monoisotopic (exact) mass is 200 g/mol. The first kappa shape index (κ1) is 10.6. The van der Waals surface area contributed by atoms with Crippen LogP contribution in [0.2, 0.25) is 0 Å². The fraction of sp³-hybridized carbons (Fsp3) is 0.700. The molecular formula is C10H17ClN2. The van der Waals surface area contributed by atoms with Crippen molar-refractivity contribution in [3.05, 3.63) is 18.0 Å². The van der Waals surface area contributed by atoms with Crippen molar-refractivity contribution in [3.8, 4) is 0 Å². The summed E-state index contributed by atoms with van der Waals surface area (Å²) in [7, 11) is 0. The third-order valence-corrected chi connectivity index (χ3v) is 2.94. The molecule has 0 aliphatic carbocycles. The molecule has 1 aromatic heterocycles. The van der Waals surface area contributed by atoms with E-state index in [1.165, 1.54) is 0 Å². The Labute approximate surface area is 84.9 Å². The van der Waals surface area contributed by atoms with E-state index in [2.05, 4.69) is 32.1 Å². The minimum absolute atomic E-state index is 0.109. The number of hydrogen-bond acceptors (Lipinski definition) is 1. The van der Waals surface area contributed by atoms with Gasteiger partial charge in [0.1, 0.15) is 0 Å². The van der Waals surface area contributed by atoms with E-state index < -0.39 is 0 Å². The second-order valence-corrected chi connectivity index (χ2v) is 3.91. The Bertz CT molecular complexity index is 233. The highest BCUT2D eigenvalue weighted by molar-refractivity contribution is 6.20. The Kier molecular flexibility index (Phi) is 3.79.